The smallest absolute Gasteiger partial charge is 0.325 e. The number of alkyl halides is 3. The Labute approximate surface area is 66.6 Å². The molecule has 0 unspecified atom stereocenters. The number of nitrogens with two attached hydrogens (primary N) is 1. The van der Waals surface area contributed by atoms with Crippen LogP contribution >= 0.6 is 0 Å². The first-order valence-corrected chi connectivity index (χ1v) is 2.28. The molecule has 1 aliphatic heterocycles. The molecule has 5 heteroatoms. The molecule has 2 nitrogen and oxygen atoms in total. The highest BCUT2D eigenvalue weighted by atomic mass is 19.4. The molecule has 60 valence electrons. The third kappa shape index (κ3) is 2.15. The molecular weight excluding hydrogens is 145 g/mol. The third-order valence-electron chi connectivity index (χ3n) is 0.703. The Morgan fingerprint density at radius 2 is 2.30 bits per heavy atom. The second-order valence-electron chi connectivity index (χ2n) is 1.58. The van der Waals surface area contributed by atoms with Gasteiger partial charge in [0.15, 0.2) is 0 Å². The summed E-state index contributed by atoms with van der Waals surface area (Å²) in [6, 6.07) is -2.99. The fraction of sp³-hybridized carbons (Fsp3) is 1.00. The van der Waals surface area contributed by atoms with Crippen LogP contribution in [0.15, 0.2) is 0 Å². The minimum absolute atomic E-state index is 0.708. The minimum Gasteiger partial charge on any atom is -0.325 e. The van der Waals surface area contributed by atoms with Gasteiger partial charge in [0, 0.05) is 25.9 Å². The quantitative estimate of drug-likeness (QED) is 0.595. The van der Waals surface area contributed by atoms with Crippen LogP contribution in [0.3, 0.4) is 0 Å². The van der Waals surface area contributed by atoms with E-state index in [2.05, 4.69) is 0 Å². The summed E-state index contributed by atoms with van der Waals surface area (Å²) >= 11 is 0. The first-order chi connectivity index (χ1) is 7.12. The predicted octanol–water partition coefficient (Wildman–Crippen LogP) is 0.192. The van der Waals surface area contributed by atoms with Crippen LogP contribution in [0.1, 0.15) is 9.60 Å². The molecule has 0 aromatic rings. The summed E-state index contributed by atoms with van der Waals surface area (Å²) in [6.07, 6.45) is -5.51. The number of nitrogens with zero attached hydrogens (tertiary/aromatic N) is 1. The maximum Gasteiger partial charge on any atom is 0.401 e. The number of rotatable bonds is 1. The van der Waals surface area contributed by atoms with E-state index in [0.717, 1.165) is 0 Å². The second-order valence-corrected chi connectivity index (χ2v) is 1.58. The molecule has 1 rings (SSSR count). The van der Waals surface area contributed by atoms with Gasteiger partial charge in [0.2, 0.25) is 0 Å². The average molecular weight is 161 g/mol. The lowest BCUT2D eigenvalue weighted by Gasteiger charge is -2.36. The Morgan fingerprint density at radius 3 is 2.70 bits per heavy atom. The lowest BCUT2D eigenvalue weighted by atomic mass is 10.1. The Kier molecular flexibility index (Phi) is 0.631. The molecule has 0 aliphatic carbocycles. The first kappa shape index (κ1) is 2.64. The molecule has 10 heavy (non-hydrogen) atoms. The van der Waals surface area contributed by atoms with E-state index >= 15 is 0 Å². The summed E-state index contributed by atoms with van der Waals surface area (Å²) in [5.41, 5.74) is 4.95. The van der Waals surface area contributed by atoms with Crippen LogP contribution in [0, 0.1) is 0 Å². The van der Waals surface area contributed by atoms with E-state index in [0.29, 0.717) is 0 Å². The molecule has 1 fully saturated rings. The van der Waals surface area contributed by atoms with Crippen LogP contribution in [0.25, 0.3) is 0 Å². The maximum atomic E-state index is 12.4. The Morgan fingerprint density at radius 1 is 1.80 bits per heavy atom. The van der Waals surface area contributed by atoms with E-state index in [4.69, 9.17) is 15.3 Å². The molecular formula is C5H9F3N2. The van der Waals surface area contributed by atoms with Crippen molar-refractivity contribution < 1.29 is 22.8 Å². The van der Waals surface area contributed by atoms with Crippen molar-refractivity contribution in [2.45, 2.75) is 12.2 Å². The standard InChI is InChI=1S/C5H9F3N2/c6-5(7,8)3-10-1-4(9)2-10/h4H,1-3,9H2/i1D2,2D2,3D2,4D. The van der Waals surface area contributed by atoms with Gasteiger partial charge in [0.1, 0.15) is 0 Å². The molecule has 0 radical (unpaired) electrons. The van der Waals surface area contributed by atoms with Crippen LogP contribution in [0.4, 0.5) is 13.2 Å². The van der Waals surface area contributed by atoms with E-state index in [1.807, 2.05) is 0 Å². The van der Waals surface area contributed by atoms with Crippen molar-refractivity contribution in [1.82, 2.24) is 4.90 Å². The van der Waals surface area contributed by atoms with Crippen molar-refractivity contribution in [1.29, 1.82) is 0 Å². The van der Waals surface area contributed by atoms with Crippen LogP contribution in [-0.2, 0) is 0 Å². The topological polar surface area (TPSA) is 29.3 Å². The van der Waals surface area contributed by atoms with E-state index in [-0.39, 0.29) is 0 Å². The summed E-state index contributed by atoms with van der Waals surface area (Å²) in [5, 5.41) is 0. The van der Waals surface area contributed by atoms with Crippen LogP contribution in [-0.4, -0.2) is 36.6 Å². The largest absolute Gasteiger partial charge is 0.401 e. The lowest BCUT2D eigenvalue weighted by Crippen LogP contribution is -2.57. The fourth-order valence-corrected chi connectivity index (χ4v) is 0.424. The van der Waals surface area contributed by atoms with Gasteiger partial charge < -0.3 is 5.73 Å². The van der Waals surface area contributed by atoms with Gasteiger partial charge in [-0.1, -0.05) is 0 Å². The van der Waals surface area contributed by atoms with E-state index in [1.54, 1.807) is 0 Å². The maximum absolute atomic E-state index is 12.4. The van der Waals surface area contributed by atoms with E-state index < -0.39 is 36.6 Å². The van der Waals surface area contributed by atoms with Crippen LogP contribution < -0.4 is 5.73 Å². The Balaban J connectivity index is 3.27. The van der Waals surface area contributed by atoms with Crippen molar-refractivity contribution in [3.05, 3.63) is 0 Å². The number of hydrogen-bond acceptors (Lipinski definition) is 2. The van der Waals surface area contributed by atoms with Crippen molar-refractivity contribution in [3.63, 3.8) is 0 Å². The molecule has 0 saturated carbocycles. The van der Waals surface area contributed by atoms with Gasteiger partial charge in [-0.25, -0.2) is 0 Å². The first-order valence-electron chi connectivity index (χ1n) is 5.78. The number of halogens is 3. The zero-order valence-electron chi connectivity index (χ0n) is 11.7. The van der Waals surface area contributed by atoms with Gasteiger partial charge in [-0.15, -0.1) is 0 Å². The van der Waals surface area contributed by atoms with Crippen molar-refractivity contribution in [2.24, 2.45) is 5.73 Å². The molecule has 0 bridgehead atoms. The average Bonchev–Trinajstić information content (AvgIpc) is 1.98. The summed E-state index contributed by atoms with van der Waals surface area (Å²) in [4.78, 5) is -0.708. The van der Waals surface area contributed by atoms with Crippen molar-refractivity contribution in [3.8, 4) is 0 Å². The predicted molar refractivity (Wildman–Crippen MR) is 30.5 cm³/mol. The SMILES string of the molecule is [2H]C([2H])(N1C([2H])([2H])C([2H])(N)C1([2H])[2H])C(F)(F)F. The van der Waals surface area contributed by atoms with E-state index in [1.165, 1.54) is 0 Å². The fourth-order valence-electron chi connectivity index (χ4n) is 0.424. The molecule has 0 atom stereocenters. The molecule has 1 saturated heterocycles. The number of likely N-dealkylation sites (tertiary alicyclic amines) is 1. The monoisotopic (exact) mass is 161 g/mol. The molecule has 1 aliphatic rings. The van der Waals surface area contributed by atoms with Gasteiger partial charge in [-0.3, -0.25) is 4.90 Å². The van der Waals surface area contributed by atoms with Crippen molar-refractivity contribution >= 4 is 0 Å². The highest BCUT2D eigenvalue weighted by Gasteiger charge is 2.35. The van der Waals surface area contributed by atoms with Crippen molar-refractivity contribution in [2.75, 3.05) is 19.5 Å². The zero-order valence-corrected chi connectivity index (χ0v) is 4.66. The molecule has 0 spiro atoms. The third-order valence-corrected chi connectivity index (χ3v) is 0.703. The molecule has 0 aromatic carbocycles. The summed E-state index contributed by atoms with van der Waals surface area (Å²) in [5.74, 6) is 0. The van der Waals surface area contributed by atoms with Gasteiger partial charge in [-0.05, 0) is 0 Å². The van der Waals surface area contributed by atoms with E-state index in [9.17, 15) is 13.2 Å². The highest BCUT2D eigenvalue weighted by Crippen LogP contribution is 2.19. The summed E-state index contributed by atoms with van der Waals surface area (Å²) in [7, 11) is 0. The molecule has 0 aromatic heterocycles. The van der Waals surface area contributed by atoms with Gasteiger partial charge in [0.05, 0.1) is 9.24 Å². The van der Waals surface area contributed by atoms with Gasteiger partial charge >= 0.3 is 6.18 Å². The summed E-state index contributed by atoms with van der Waals surface area (Å²) < 4.78 is 86.3. The Hall–Kier alpha value is -0.290. The van der Waals surface area contributed by atoms with Crippen LogP contribution in [0.5, 0.6) is 0 Å². The summed E-state index contributed by atoms with van der Waals surface area (Å²) in [6.45, 7) is -10.8. The van der Waals surface area contributed by atoms with Crippen LogP contribution in [0.2, 0.25) is 0 Å². The Bertz CT molecular complexity index is 321. The molecule has 1 heterocycles. The molecule has 2 N–H and O–H groups in total. The molecule has 0 amide bonds. The highest BCUT2D eigenvalue weighted by molar-refractivity contribution is 4.83. The zero-order chi connectivity index (χ0) is 14.1. The van der Waals surface area contributed by atoms with Gasteiger partial charge in [-0.2, -0.15) is 13.2 Å². The lowest BCUT2D eigenvalue weighted by molar-refractivity contribution is -0.154. The minimum atomic E-state index is -5.51. The number of hydrogen-bond donors (Lipinski definition) is 1. The second kappa shape index (κ2) is 2.39. The normalized spacial score (nSPS) is 47.8. The van der Waals surface area contributed by atoms with Gasteiger partial charge in [0.25, 0.3) is 0 Å².